The normalized spacial score (nSPS) is 11.0. The van der Waals surface area contributed by atoms with Crippen LogP contribution in [0.1, 0.15) is 5.56 Å². The molecule has 0 radical (unpaired) electrons. The van der Waals surface area contributed by atoms with Crippen molar-refractivity contribution in [1.82, 2.24) is 14.3 Å². The van der Waals surface area contributed by atoms with Crippen LogP contribution in [0.3, 0.4) is 0 Å². The summed E-state index contributed by atoms with van der Waals surface area (Å²) in [7, 11) is 3.18. The number of nitrogens with one attached hydrogen (secondary N) is 1. The van der Waals surface area contributed by atoms with Crippen molar-refractivity contribution in [2.24, 2.45) is 0 Å². The maximum Gasteiger partial charge on any atom is 0.275 e. The van der Waals surface area contributed by atoms with Gasteiger partial charge in [0, 0.05) is 12.7 Å². The van der Waals surface area contributed by atoms with Gasteiger partial charge in [-0.25, -0.2) is 0 Å². The van der Waals surface area contributed by atoms with Crippen LogP contribution in [0.25, 0.3) is 16.6 Å². The van der Waals surface area contributed by atoms with Crippen molar-refractivity contribution in [2.45, 2.75) is 13.0 Å². The van der Waals surface area contributed by atoms with Crippen LogP contribution in [0.5, 0.6) is 11.5 Å². The lowest BCUT2D eigenvalue weighted by Gasteiger charge is -2.13. The molecule has 154 valence electrons. The number of amides is 1. The highest BCUT2D eigenvalue weighted by Crippen LogP contribution is 2.27. The van der Waals surface area contributed by atoms with Gasteiger partial charge in [0.1, 0.15) is 12.1 Å². The molecule has 2 aromatic carbocycles. The predicted molar refractivity (Wildman–Crippen MR) is 115 cm³/mol. The Balaban J connectivity index is 1.49. The van der Waals surface area contributed by atoms with Crippen LogP contribution in [0.4, 0.5) is 0 Å². The Hall–Kier alpha value is -3.74. The van der Waals surface area contributed by atoms with Crippen molar-refractivity contribution in [1.29, 1.82) is 0 Å². The number of nitrogens with zero attached hydrogens (tertiary/aromatic N) is 2. The summed E-state index contributed by atoms with van der Waals surface area (Å²) >= 11 is 0. The van der Waals surface area contributed by atoms with Gasteiger partial charge in [-0.1, -0.05) is 18.2 Å². The Morgan fingerprint density at radius 1 is 0.933 bits per heavy atom. The van der Waals surface area contributed by atoms with Crippen molar-refractivity contribution in [3.63, 3.8) is 0 Å². The topological polar surface area (TPSA) is 74.0 Å². The third-order valence-corrected chi connectivity index (χ3v) is 5.13. The number of ether oxygens (including phenoxy) is 2. The summed E-state index contributed by atoms with van der Waals surface area (Å²) in [5.41, 5.74) is 2.99. The molecule has 0 aliphatic heterocycles. The largest absolute Gasteiger partial charge is 0.493 e. The van der Waals surface area contributed by atoms with Gasteiger partial charge in [-0.3, -0.25) is 14.2 Å². The Morgan fingerprint density at radius 2 is 1.67 bits per heavy atom. The molecule has 4 aromatic rings. The van der Waals surface area contributed by atoms with E-state index in [2.05, 4.69) is 5.32 Å². The van der Waals surface area contributed by atoms with Crippen LogP contribution in [-0.4, -0.2) is 35.6 Å². The van der Waals surface area contributed by atoms with Crippen molar-refractivity contribution in [2.75, 3.05) is 20.8 Å². The number of aromatic nitrogens is 2. The summed E-state index contributed by atoms with van der Waals surface area (Å²) in [6, 6.07) is 16.8. The standard InChI is InChI=1S/C23H23N3O4/c1-29-20-10-9-16(14-21(20)30-2)11-12-24-22(27)15-26-18-7-4-3-6-17(18)25-13-5-8-19(25)23(26)28/h3-10,13-14H,11-12,15H2,1-2H3,(H,24,27). The Labute approximate surface area is 173 Å². The minimum absolute atomic E-state index is 0.0348. The summed E-state index contributed by atoms with van der Waals surface area (Å²) in [5, 5.41) is 2.90. The molecular formula is C23H23N3O4. The van der Waals surface area contributed by atoms with Crippen molar-refractivity contribution < 1.29 is 14.3 Å². The zero-order valence-corrected chi connectivity index (χ0v) is 16.9. The lowest BCUT2D eigenvalue weighted by Crippen LogP contribution is -2.34. The Bertz CT molecular complexity index is 1270. The van der Waals surface area contributed by atoms with Crippen LogP contribution >= 0.6 is 0 Å². The zero-order chi connectivity index (χ0) is 21.1. The molecule has 1 amide bonds. The highest BCUT2D eigenvalue weighted by atomic mass is 16.5. The molecule has 0 unspecified atom stereocenters. The second-order valence-electron chi connectivity index (χ2n) is 6.93. The minimum atomic E-state index is -0.210. The second kappa shape index (κ2) is 8.32. The third kappa shape index (κ3) is 3.61. The molecule has 30 heavy (non-hydrogen) atoms. The molecule has 0 atom stereocenters. The molecule has 0 aliphatic rings. The van der Waals surface area contributed by atoms with Crippen LogP contribution in [0.2, 0.25) is 0 Å². The van der Waals surface area contributed by atoms with E-state index >= 15 is 0 Å². The molecule has 2 heterocycles. The zero-order valence-electron chi connectivity index (χ0n) is 16.9. The number of hydrogen-bond donors (Lipinski definition) is 1. The van der Waals surface area contributed by atoms with Gasteiger partial charge in [-0.2, -0.15) is 0 Å². The first-order chi connectivity index (χ1) is 14.6. The molecular weight excluding hydrogens is 382 g/mol. The molecule has 7 heteroatoms. The number of hydrogen-bond acceptors (Lipinski definition) is 4. The number of rotatable bonds is 7. The average Bonchev–Trinajstić information content (AvgIpc) is 3.27. The first-order valence-electron chi connectivity index (χ1n) is 9.68. The summed E-state index contributed by atoms with van der Waals surface area (Å²) in [5.74, 6) is 1.11. The van der Waals surface area contributed by atoms with E-state index < -0.39 is 0 Å². The van der Waals surface area contributed by atoms with E-state index in [1.807, 2.05) is 59.1 Å². The van der Waals surface area contributed by atoms with Crippen LogP contribution in [0, 0.1) is 0 Å². The highest BCUT2D eigenvalue weighted by Gasteiger charge is 2.13. The number of fused-ring (bicyclic) bond motifs is 3. The number of para-hydroxylation sites is 2. The van der Waals surface area contributed by atoms with Gasteiger partial charge in [0.2, 0.25) is 5.91 Å². The molecule has 0 spiro atoms. The van der Waals surface area contributed by atoms with Gasteiger partial charge in [0.25, 0.3) is 5.56 Å². The van der Waals surface area contributed by atoms with E-state index in [0.717, 1.165) is 16.6 Å². The molecule has 4 rings (SSSR count). The molecule has 0 aliphatic carbocycles. The smallest absolute Gasteiger partial charge is 0.275 e. The fraction of sp³-hybridized carbons (Fsp3) is 0.217. The summed E-state index contributed by atoms with van der Waals surface area (Å²) in [6.45, 7) is 0.418. The van der Waals surface area contributed by atoms with E-state index in [4.69, 9.17) is 9.47 Å². The van der Waals surface area contributed by atoms with E-state index in [1.54, 1.807) is 20.3 Å². The second-order valence-corrected chi connectivity index (χ2v) is 6.93. The lowest BCUT2D eigenvalue weighted by molar-refractivity contribution is -0.121. The predicted octanol–water partition coefficient (Wildman–Crippen LogP) is 2.63. The first-order valence-corrected chi connectivity index (χ1v) is 9.68. The summed E-state index contributed by atoms with van der Waals surface area (Å²) in [6.07, 6.45) is 2.49. The van der Waals surface area contributed by atoms with Gasteiger partial charge < -0.3 is 19.2 Å². The maximum atomic E-state index is 12.9. The van der Waals surface area contributed by atoms with Gasteiger partial charge in [-0.15, -0.1) is 0 Å². The Morgan fingerprint density at radius 3 is 2.43 bits per heavy atom. The lowest BCUT2D eigenvalue weighted by atomic mass is 10.1. The van der Waals surface area contributed by atoms with Gasteiger partial charge >= 0.3 is 0 Å². The third-order valence-electron chi connectivity index (χ3n) is 5.13. The van der Waals surface area contributed by atoms with Gasteiger partial charge in [0.15, 0.2) is 11.5 Å². The first kappa shape index (κ1) is 19.6. The van der Waals surface area contributed by atoms with Crippen molar-refractivity contribution >= 4 is 22.5 Å². The number of carbonyl (C=O) groups is 1. The van der Waals surface area contributed by atoms with Crippen LogP contribution in [-0.2, 0) is 17.8 Å². The number of carbonyl (C=O) groups excluding carboxylic acids is 1. The summed E-state index contributed by atoms with van der Waals surface area (Å²) < 4.78 is 13.9. The fourth-order valence-electron chi connectivity index (χ4n) is 3.65. The van der Waals surface area contributed by atoms with Crippen molar-refractivity contribution in [3.05, 3.63) is 76.7 Å². The van der Waals surface area contributed by atoms with E-state index in [9.17, 15) is 9.59 Å². The van der Waals surface area contributed by atoms with E-state index in [1.165, 1.54) is 4.57 Å². The Kier molecular flexibility index (Phi) is 5.43. The molecule has 7 nitrogen and oxygen atoms in total. The fourth-order valence-corrected chi connectivity index (χ4v) is 3.65. The molecule has 2 aromatic heterocycles. The number of benzene rings is 2. The molecule has 0 saturated carbocycles. The molecule has 0 bridgehead atoms. The van der Waals surface area contributed by atoms with Crippen LogP contribution in [0.15, 0.2) is 65.6 Å². The van der Waals surface area contributed by atoms with Gasteiger partial charge in [-0.05, 0) is 48.4 Å². The van der Waals surface area contributed by atoms with Crippen LogP contribution < -0.4 is 20.3 Å². The monoisotopic (exact) mass is 405 g/mol. The van der Waals surface area contributed by atoms with Crippen molar-refractivity contribution in [3.8, 4) is 11.5 Å². The van der Waals surface area contributed by atoms with Gasteiger partial charge in [0.05, 0.1) is 25.3 Å². The number of methoxy groups -OCH3 is 2. The summed E-state index contributed by atoms with van der Waals surface area (Å²) in [4.78, 5) is 25.5. The average molecular weight is 405 g/mol. The maximum absolute atomic E-state index is 12.9. The highest BCUT2D eigenvalue weighted by molar-refractivity contribution is 5.82. The van der Waals surface area contributed by atoms with E-state index in [0.29, 0.717) is 30.0 Å². The quantitative estimate of drug-likeness (QED) is 0.513. The van der Waals surface area contributed by atoms with E-state index in [-0.39, 0.29) is 18.0 Å². The molecule has 1 N–H and O–H groups in total. The SMILES string of the molecule is COc1ccc(CCNC(=O)Cn2c(=O)c3cccn3c3ccccc32)cc1OC. The minimum Gasteiger partial charge on any atom is -0.493 e. The molecule has 0 fully saturated rings. The molecule has 0 saturated heterocycles.